The fraction of sp³-hybridized carbons (Fsp3) is 0. The Bertz CT molecular complexity index is 657. The van der Waals surface area contributed by atoms with Gasteiger partial charge in [0.2, 0.25) is 0 Å². The number of thiophene rings is 1. The van der Waals surface area contributed by atoms with Gasteiger partial charge in [-0.15, -0.1) is 11.3 Å². The first-order chi connectivity index (χ1) is 7.25. The Hall–Kier alpha value is -0.985. The fourth-order valence-corrected chi connectivity index (χ4v) is 3.31. The summed E-state index contributed by atoms with van der Waals surface area (Å²) in [5.74, 6) is 0. The Balaban J connectivity index is 2.61. The van der Waals surface area contributed by atoms with E-state index in [9.17, 15) is 0 Å². The molecular formula is C12H8BClS. The van der Waals surface area contributed by atoms with Crippen LogP contribution in [0.3, 0.4) is 0 Å². The molecule has 15 heavy (non-hydrogen) atoms. The maximum absolute atomic E-state index is 6.03. The molecule has 3 aromatic rings. The molecule has 0 aliphatic heterocycles. The summed E-state index contributed by atoms with van der Waals surface area (Å²) in [4.78, 5) is 0. The molecule has 0 bridgehead atoms. The lowest BCUT2D eigenvalue weighted by atomic mass is 9.91. The lowest BCUT2D eigenvalue weighted by molar-refractivity contribution is 1.85. The molecule has 0 atom stereocenters. The molecule has 0 spiro atoms. The van der Waals surface area contributed by atoms with Gasteiger partial charge in [-0.25, -0.2) is 0 Å². The minimum atomic E-state index is 0.811. The first kappa shape index (κ1) is 9.26. The summed E-state index contributed by atoms with van der Waals surface area (Å²) in [5, 5.41) is 3.44. The first-order valence-electron chi connectivity index (χ1n) is 4.83. The van der Waals surface area contributed by atoms with Crippen LogP contribution in [0.2, 0.25) is 5.02 Å². The molecule has 3 rings (SSSR count). The van der Waals surface area contributed by atoms with Crippen LogP contribution < -0.4 is 5.46 Å². The van der Waals surface area contributed by atoms with Crippen molar-refractivity contribution >= 4 is 56.4 Å². The molecular weight excluding hydrogens is 222 g/mol. The average molecular weight is 231 g/mol. The number of hydrogen-bond acceptors (Lipinski definition) is 1. The van der Waals surface area contributed by atoms with E-state index in [4.69, 9.17) is 11.6 Å². The van der Waals surface area contributed by atoms with Crippen LogP contribution >= 0.6 is 22.9 Å². The number of benzene rings is 2. The average Bonchev–Trinajstić information content (AvgIpc) is 2.57. The summed E-state index contributed by atoms with van der Waals surface area (Å²) >= 11 is 7.86. The highest BCUT2D eigenvalue weighted by Gasteiger charge is 2.06. The fourth-order valence-electron chi connectivity index (χ4n) is 1.98. The molecule has 72 valence electrons. The predicted molar refractivity (Wildman–Crippen MR) is 72.5 cm³/mol. The monoisotopic (exact) mass is 230 g/mol. The molecule has 0 amide bonds. The summed E-state index contributed by atoms with van der Waals surface area (Å²) in [6.45, 7) is 0. The molecule has 0 aliphatic carbocycles. The van der Waals surface area contributed by atoms with E-state index in [1.54, 1.807) is 0 Å². The van der Waals surface area contributed by atoms with E-state index in [2.05, 4.69) is 38.2 Å². The van der Waals surface area contributed by atoms with Crippen molar-refractivity contribution in [3.63, 3.8) is 0 Å². The molecule has 0 nitrogen and oxygen atoms in total. The quantitative estimate of drug-likeness (QED) is 0.521. The molecule has 1 aromatic heterocycles. The van der Waals surface area contributed by atoms with Crippen molar-refractivity contribution in [1.82, 2.24) is 0 Å². The number of hydrogen-bond donors (Lipinski definition) is 0. The van der Waals surface area contributed by atoms with Gasteiger partial charge in [0.05, 0.1) is 0 Å². The molecule has 0 aliphatic rings. The highest BCUT2D eigenvalue weighted by atomic mass is 35.5. The van der Waals surface area contributed by atoms with Crippen LogP contribution in [0.4, 0.5) is 0 Å². The van der Waals surface area contributed by atoms with Gasteiger partial charge in [0.25, 0.3) is 0 Å². The Kier molecular flexibility index (Phi) is 2.01. The maximum Gasteiger partial charge on any atom is 0.140 e. The van der Waals surface area contributed by atoms with Crippen LogP contribution in [0, 0.1) is 0 Å². The van der Waals surface area contributed by atoms with E-state index in [0.717, 1.165) is 5.02 Å². The zero-order valence-corrected chi connectivity index (χ0v) is 9.82. The van der Waals surface area contributed by atoms with Gasteiger partial charge in [-0.3, -0.25) is 0 Å². The van der Waals surface area contributed by atoms with E-state index in [-0.39, 0.29) is 0 Å². The van der Waals surface area contributed by atoms with Crippen LogP contribution in [0.15, 0.2) is 36.4 Å². The molecule has 0 N–H and O–H groups in total. The number of rotatable bonds is 0. The second kappa shape index (κ2) is 3.26. The predicted octanol–water partition coefficient (Wildman–Crippen LogP) is 2.97. The van der Waals surface area contributed by atoms with Crippen molar-refractivity contribution in [1.29, 1.82) is 0 Å². The van der Waals surface area contributed by atoms with Crippen LogP contribution in [0.25, 0.3) is 20.2 Å². The van der Waals surface area contributed by atoms with E-state index in [1.807, 2.05) is 17.4 Å². The highest BCUT2D eigenvalue weighted by Crippen LogP contribution is 2.33. The summed E-state index contributed by atoms with van der Waals surface area (Å²) < 4.78 is 2.65. The van der Waals surface area contributed by atoms with Crippen molar-refractivity contribution < 1.29 is 0 Å². The Labute approximate surface area is 97.9 Å². The standard InChI is InChI=1S/C12H8BClS/c13-9-2-1-3-11-12(9)8-6-7(14)4-5-10(8)15-11/h1-6H,13H2. The molecule has 3 heteroatoms. The molecule has 0 fully saturated rings. The van der Waals surface area contributed by atoms with Gasteiger partial charge in [-0.05, 0) is 29.7 Å². The third kappa shape index (κ3) is 1.36. The zero-order chi connectivity index (χ0) is 10.4. The molecule has 0 saturated heterocycles. The minimum absolute atomic E-state index is 0.811. The highest BCUT2D eigenvalue weighted by molar-refractivity contribution is 7.26. The smallest absolute Gasteiger partial charge is 0.135 e. The van der Waals surface area contributed by atoms with Gasteiger partial charge in [-0.1, -0.05) is 29.2 Å². The number of fused-ring (bicyclic) bond motifs is 3. The Morgan fingerprint density at radius 2 is 1.93 bits per heavy atom. The van der Waals surface area contributed by atoms with Crippen molar-refractivity contribution in [3.8, 4) is 0 Å². The number of halogens is 1. The van der Waals surface area contributed by atoms with Gasteiger partial charge in [0.1, 0.15) is 7.85 Å². The van der Waals surface area contributed by atoms with E-state index < -0.39 is 0 Å². The molecule has 1 heterocycles. The lowest BCUT2D eigenvalue weighted by Gasteiger charge is -1.96. The Morgan fingerprint density at radius 1 is 1.07 bits per heavy atom. The van der Waals surface area contributed by atoms with Crippen LogP contribution in [0.1, 0.15) is 0 Å². The normalized spacial score (nSPS) is 11.3. The van der Waals surface area contributed by atoms with Crippen molar-refractivity contribution in [2.45, 2.75) is 0 Å². The largest absolute Gasteiger partial charge is 0.140 e. The zero-order valence-electron chi connectivity index (χ0n) is 8.25. The molecule has 2 aromatic carbocycles. The van der Waals surface area contributed by atoms with Gasteiger partial charge in [0, 0.05) is 19.8 Å². The third-order valence-corrected chi connectivity index (χ3v) is 4.04. The van der Waals surface area contributed by atoms with Crippen LogP contribution in [0.5, 0.6) is 0 Å². The molecule has 0 unspecified atom stereocenters. The SMILES string of the molecule is Bc1cccc2sc3ccc(Cl)cc3c12. The van der Waals surface area contributed by atoms with Crippen LogP contribution in [-0.2, 0) is 0 Å². The van der Waals surface area contributed by atoms with Gasteiger partial charge in [-0.2, -0.15) is 0 Å². The van der Waals surface area contributed by atoms with Gasteiger partial charge in [0.15, 0.2) is 0 Å². The topological polar surface area (TPSA) is 0 Å². The van der Waals surface area contributed by atoms with E-state index in [0.29, 0.717) is 0 Å². The maximum atomic E-state index is 6.03. The van der Waals surface area contributed by atoms with Crippen LogP contribution in [-0.4, -0.2) is 7.85 Å². The first-order valence-corrected chi connectivity index (χ1v) is 6.02. The lowest BCUT2D eigenvalue weighted by Crippen LogP contribution is -2.00. The summed E-state index contributed by atoms with van der Waals surface area (Å²) in [7, 11) is 2.15. The third-order valence-electron chi connectivity index (χ3n) is 2.67. The van der Waals surface area contributed by atoms with E-state index in [1.165, 1.54) is 25.6 Å². The van der Waals surface area contributed by atoms with Gasteiger partial charge < -0.3 is 0 Å². The second-order valence-electron chi connectivity index (χ2n) is 3.69. The van der Waals surface area contributed by atoms with E-state index >= 15 is 0 Å². The van der Waals surface area contributed by atoms with Crippen molar-refractivity contribution in [2.24, 2.45) is 0 Å². The summed E-state index contributed by atoms with van der Waals surface area (Å²) in [6, 6.07) is 12.5. The Morgan fingerprint density at radius 3 is 2.80 bits per heavy atom. The summed E-state index contributed by atoms with van der Waals surface area (Å²) in [6.07, 6.45) is 0. The molecule has 0 radical (unpaired) electrons. The van der Waals surface area contributed by atoms with Crippen molar-refractivity contribution in [3.05, 3.63) is 41.4 Å². The minimum Gasteiger partial charge on any atom is -0.135 e. The molecule has 0 saturated carbocycles. The summed E-state index contributed by atoms with van der Waals surface area (Å²) in [5.41, 5.74) is 1.32. The second-order valence-corrected chi connectivity index (χ2v) is 5.21. The van der Waals surface area contributed by atoms with Crippen molar-refractivity contribution in [2.75, 3.05) is 0 Å². The van der Waals surface area contributed by atoms with Gasteiger partial charge >= 0.3 is 0 Å².